The summed E-state index contributed by atoms with van der Waals surface area (Å²) >= 11 is 5.32. The Morgan fingerprint density at radius 2 is 2.25 bits per heavy atom. The lowest BCUT2D eigenvalue weighted by Gasteiger charge is -2.12. The van der Waals surface area contributed by atoms with Gasteiger partial charge < -0.3 is 24.5 Å². The van der Waals surface area contributed by atoms with Gasteiger partial charge >= 0.3 is 6.03 Å². The number of imidazole rings is 1. The Morgan fingerprint density at radius 1 is 1.50 bits per heavy atom. The van der Waals surface area contributed by atoms with Gasteiger partial charge in [0.1, 0.15) is 11.3 Å². The number of nitrogens with zero attached hydrogens (tertiary/aromatic N) is 2. The third-order valence-electron chi connectivity index (χ3n) is 3.01. The van der Waals surface area contributed by atoms with Crippen LogP contribution in [0.1, 0.15) is 0 Å². The smallest absolute Gasteiger partial charge is 0.316 e. The molecule has 1 heterocycles. The minimum absolute atomic E-state index is 0.117. The van der Waals surface area contributed by atoms with Gasteiger partial charge in [0.15, 0.2) is 4.77 Å². The van der Waals surface area contributed by atoms with E-state index in [1.165, 1.54) is 4.90 Å². The maximum Gasteiger partial charge on any atom is 0.316 e. The summed E-state index contributed by atoms with van der Waals surface area (Å²) in [5.41, 5.74) is 1.84. The second kappa shape index (κ2) is 5.96. The number of methoxy groups -OCH3 is 1. The van der Waals surface area contributed by atoms with E-state index in [0.717, 1.165) is 16.8 Å². The second-order valence-electron chi connectivity index (χ2n) is 4.56. The summed E-state index contributed by atoms with van der Waals surface area (Å²) in [6.45, 7) is 1.11. The maximum absolute atomic E-state index is 11.5. The van der Waals surface area contributed by atoms with Gasteiger partial charge in [0.25, 0.3) is 0 Å². The topological polar surface area (TPSA) is 62.3 Å². The Kier molecular flexibility index (Phi) is 4.29. The SMILES string of the molecule is COc1cccc2c1[nH]c(=S)n2CCNC(=O)N(C)C. The van der Waals surface area contributed by atoms with Crippen molar-refractivity contribution in [3.8, 4) is 5.75 Å². The van der Waals surface area contributed by atoms with E-state index in [0.29, 0.717) is 17.9 Å². The molecule has 6 nitrogen and oxygen atoms in total. The molecule has 0 aliphatic carbocycles. The largest absolute Gasteiger partial charge is 0.494 e. The quantitative estimate of drug-likeness (QED) is 0.848. The normalized spacial score (nSPS) is 10.6. The lowest BCUT2D eigenvalue weighted by molar-refractivity contribution is 0.217. The van der Waals surface area contributed by atoms with Gasteiger partial charge in [0.05, 0.1) is 12.6 Å². The van der Waals surface area contributed by atoms with E-state index in [-0.39, 0.29) is 6.03 Å². The Labute approximate surface area is 122 Å². The van der Waals surface area contributed by atoms with E-state index in [2.05, 4.69) is 10.3 Å². The van der Waals surface area contributed by atoms with Crippen LogP contribution in [0, 0.1) is 4.77 Å². The van der Waals surface area contributed by atoms with Crippen LogP contribution in [0.2, 0.25) is 0 Å². The van der Waals surface area contributed by atoms with E-state index in [4.69, 9.17) is 17.0 Å². The second-order valence-corrected chi connectivity index (χ2v) is 4.95. The number of nitrogens with one attached hydrogen (secondary N) is 2. The minimum atomic E-state index is -0.117. The number of aromatic amines is 1. The molecule has 0 saturated heterocycles. The lowest BCUT2D eigenvalue weighted by Crippen LogP contribution is -2.36. The number of aromatic nitrogens is 2. The van der Waals surface area contributed by atoms with Crippen LogP contribution in [-0.4, -0.2) is 48.2 Å². The van der Waals surface area contributed by atoms with Crippen molar-refractivity contribution >= 4 is 29.3 Å². The summed E-state index contributed by atoms with van der Waals surface area (Å²) in [7, 11) is 5.04. The van der Waals surface area contributed by atoms with Gasteiger partial charge in [0, 0.05) is 27.2 Å². The molecule has 0 atom stereocenters. The van der Waals surface area contributed by atoms with Crippen LogP contribution >= 0.6 is 12.2 Å². The number of carbonyl (C=O) groups excluding carboxylic acids is 1. The van der Waals surface area contributed by atoms with Crippen molar-refractivity contribution in [3.05, 3.63) is 23.0 Å². The number of para-hydroxylation sites is 1. The molecule has 1 aromatic heterocycles. The van der Waals surface area contributed by atoms with Crippen LogP contribution in [0.25, 0.3) is 11.0 Å². The highest BCUT2D eigenvalue weighted by Gasteiger charge is 2.09. The number of amides is 2. The standard InChI is InChI=1S/C13H18N4O2S/c1-16(2)12(18)14-7-8-17-9-5-4-6-10(19-3)11(9)15-13(17)20/h4-6H,7-8H2,1-3H3,(H,14,18)(H,15,20). The molecule has 0 aliphatic heterocycles. The highest BCUT2D eigenvalue weighted by atomic mass is 32.1. The summed E-state index contributed by atoms with van der Waals surface area (Å²) < 4.78 is 7.86. The molecule has 1 aromatic carbocycles. The van der Waals surface area contributed by atoms with Gasteiger partial charge in [-0.05, 0) is 24.4 Å². The fourth-order valence-corrected chi connectivity index (χ4v) is 2.27. The van der Waals surface area contributed by atoms with Crippen molar-refractivity contribution in [3.63, 3.8) is 0 Å². The van der Waals surface area contributed by atoms with E-state index in [1.807, 2.05) is 22.8 Å². The molecule has 2 N–H and O–H groups in total. The van der Waals surface area contributed by atoms with Gasteiger partial charge in [0.2, 0.25) is 0 Å². The Balaban J connectivity index is 2.20. The fraction of sp³-hybridized carbons (Fsp3) is 0.385. The molecule has 2 rings (SSSR count). The molecule has 0 aliphatic rings. The van der Waals surface area contributed by atoms with Crippen LogP contribution in [0.3, 0.4) is 0 Å². The zero-order valence-electron chi connectivity index (χ0n) is 11.8. The number of hydrogen-bond donors (Lipinski definition) is 2. The van der Waals surface area contributed by atoms with Crippen LogP contribution < -0.4 is 10.1 Å². The Bertz CT molecular complexity index is 675. The number of carbonyl (C=O) groups is 1. The first-order valence-electron chi connectivity index (χ1n) is 6.25. The molecule has 0 fully saturated rings. The van der Waals surface area contributed by atoms with Gasteiger partial charge in [-0.2, -0.15) is 0 Å². The maximum atomic E-state index is 11.5. The fourth-order valence-electron chi connectivity index (χ4n) is 1.98. The predicted octanol–water partition coefficient (Wildman–Crippen LogP) is 1.98. The predicted molar refractivity (Wildman–Crippen MR) is 80.8 cm³/mol. The molecular formula is C13H18N4O2S. The van der Waals surface area contributed by atoms with Crippen molar-refractivity contribution < 1.29 is 9.53 Å². The van der Waals surface area contributed by atoms with Crippen LogP contribution in [0.15, 0.2) is 18.2 Å². The van der Waals surface area contributed by atoms with E-state index in [9.17, 15) is 4.79 Å². The number of H-pyrrole nitrogens is 1. The van der Waals surface area contributed by atoms with Crippen molar-refractivity contribution in [1.29, 1.82) is 0 Å². The van der Waals surface area contributed by atoms with Crippen molar-refractivity contribution in [2.75, 3.05) is 27.7 Å². The Morgan fingerprint density at radius 3 is 2.90 bits per heavy atom. The monoisotopic (exact) mass is 294 g/mol. The molecule has 20 heavy (non-hydrogen) atoms. The number of urea groups is 1. The molecule has 0 unspecified atom stereocenters. The van der Waals surface area contributed by atoms with Gasteiger partial charge in [-0.1, -0.05) is 6.07 Å². The first-order valence-corrected chi connectivity index (χ1v) is 6.66. The summed E-state index contributed by atoms with van der Waals surface area (Å²) in [4.78, 5) is 16.1. The van der Waals surface area contributed by atoms with E-state index < -0.39 is 0 Å². The number of hydrogen-bond acceptors (Lipinski definition) is 3. The van der Waals surface area contributed by atoms with Gasteiger partial charge in [-0.15, -0.1) is 0 Å². The zero-order valence-corrected chi connectivity index (χ0v) is 12.6. The average molecular weight is 294 g/mol. The Hall–Kier alpha value is -2.02. The first kappa shape index (κ1) is 14.4. The van der Waals surface area contributed by atoms with Crippen LogP contribution in [0.4, 0.5) is 4.79 Å². The lowest BCUT2D eigenvalue weighted by atomic mass is 10.3. The first-order chi connectivity index (χ1) is 9.54. The highest BCUT2D eigenvalue weighted by molar-refractivity contribution is 7.71. The van der Waals surface area contributed by atoms with Crippen molar-refractivity contribution in [1.82, 2.24) is 19.8 Å². The number of rotatable bonds is 4. The molecular weight excluding hydrogens is 276 g/mol. The average Bonchev–Trinajstić information content (AvgIpc) is 2.74. The summed E-state index contributed by atoms with van der Waals surface area (Å²) in [6.07, 6.45) is 0. The summed E-state index contributed by atoms with van der Waals surface area (Å²) in [5.74, 6) is 0.754. The third kappa shape index (κ3) is 2.77. The molecule has 2 aromatic rings. The van der Waals surface area contributed by atoms with Crippen molar-refractivity contribution in [2.24, 2.45) is 0 Å². The zero-order chi connectivity index (χ0) is 14.7. The van der Waals surface area contributed by atoms with Gasteiger partial charge in [-0.3, -0.25) is 0 Å². The number of ether oxygens (including phenoxy) is 1. The molecule has 0 spiro atoms. The molecule has 2 amide bonds. The minimum Gasteiger partial charge on any atom is -0.494 e. The molecule has 0 radical (unpaired) electrons. The molecule has 7 heteroatoms. The van der Waals surface area contributed by atoms with Gasteiger partial charge in [-0.25, -0.2) is 4.79 Å². The molecule has 108 valence electrons. The molecule has 0 saturated carbocycles. The number of fused-ring (bicyclic) bond motifs is 1. The summed E-state index contributed by atoms with van der Waals surface area (Å²) in [5, 5.41) is 2.82. The third-order valence-corrected chi connectivity index (χ3v) is 3.33. The highest BCUT2D eigenvalue weighted by Crippen LogP contribution is 2.24. The molecule has 0 bridgehead atoms. The van der Waals surface area contributed by atoms with Crippen LogP contribution in [0.5, 0.6) is 5.75 Å². The van der Waals surface area contributed by atoms with E-state index in [1.54, 1.807) is 21.2 Å². The van der Waals surface area contributed by atoms with Crippen LogP contribution in [-0.2, 0) is 6.54 Å². The van der Waals surface area contributed by atoms with Crippen molar-refractivity contribution in [2.45, 2.75) is 6.54 Å². The van der Waals surface area contributed by atoms with E-state index >= 15 is 0 Å². The number of benzene rings is 1. The summed E-state index contributed by atoms with van der Waals surface area (Å²) in [6, 6.07) is 5.65.